The topological polar surface area (TPSA) is 57.6 Å². The lowest BCUT2D eigenvalue weighted by Gasteiger charge is -2.23. The fraction of sp³-hybridized carbons (Fsp3) is 0.455. The van der Waals surface area contributed by atoms with Crippen molar-refractivity contribution in [3.05, 3.63) is 26.7 Å². The quantitative estimate of drug-likeness (QED) is 0.865. The van der Waals surface area contributed by atoms with Crippen LogP contribution in [0, 0.1) is 0 Å². The Morgan fingerprint density at radius 1 is 1.37 bits per heavy atom. The van der Waals surface area contributed by atoms with Crippen LogP contribution in [0.4, 0.5) is 0 Å². The van der Waals surface area contributed by atoms with Crippen LogP contribution < -0.4 is 0 Å². The predicted molar refractivity (Wildman–Crippen MR) is 78.2 cm³/mol. The summed E-state index contributed by atoms with van der Waals surface area (Å²) in [5.41, 5.74) is 0. The second kappa shape index (κ2) is 5.87. The van der Waals surface area contributed by atoms with Crippen molar-refractivity contribution in [2.75, 3.05) is 13.2 Å². The summed E-state index contributed by atoms with van der Waals surface area (Å²) < 4.78 is 27.1. The summed E-state index contributed by atoms with van der Waals surface area (Å²) in [5, 5.41) is 9.39. The first-order valence-electron chi connectivity index (χ1n) is 5.65. The number of sulfonamides is 1. The van der Waals surface area contributed by atoms with Crippen molar-refractivity contribution < 1.29 is 13.5 Å². The van der Waals surface area contributed by atoms with Gasteiger partial charge in [-0.1, -0.05) is 39.1 Å². The van der Waals surface area contributed by atoms with Crippen molar-refractivity contribution in [2.45, 2.75) is 23.8 Å². The molecule has 1 aromatic carbocycles. The van der Waals surface area contributed by atoms with Gasteiger partial charge < -0.3 is 5.11 Å². The molecule has 0 radical (unpaired) electrons. The largest absolute Gasteiger partial charge is 0.395 e. The number of aliphatic hydroxyl groups is 1. The maximum Gasteiger partial charge on any atom is 0.246 e. The number of rotatable bonds is 3. The van der Waals surface area contributed by atoms with E-state index in [4.69, 9.17) is 23.2 Å². The van der Waals surface area contributed by atoms with Gasteiger partial charge in [0, 0.05) is 17.1 Å². The van der Waals surface area contributed by atoms with Crippen LogP contribution in [0.2, 0.25) is 10.0 Å². The summed E-state index contributed by atoms with van der Waals surface area (Å²) in [6, 6.07) is 2.58. The van der Waals surface area contributed by atoms with E-state index in [0.29, 0.717) is 17.4 Å². The summed E-state index contributed by atoms with van der Waals surface area (Å²) in [5.74, 6) is 0. The highest BCUT2D eigenvalue weighted by Crippen LogP contribution is 2.36. The highest BCUT2D eigenvalue weighted by atomic mass is 79.9. The maximum atomic E-state index is 12.6. The van der Waals surface area contributed by atoms with Crippen LogP contribution in [0.1, 0.15) is 12.8 Å². The molecule has 4 nitrogen and oxygen atoms in total. The first kappa shape index (κ1) is 15.5. The molecule has 1 heterocycles. The SMILES string of the molecule is O=S(=O)(c1c(Cl)cc(Br)cc1Cl)N1CCC[C@@H]1CO. The van der Waals surface area contributed by atoms with E-state index in [1.807, 2.05) is 0 Å². The highest BCUT2D eigenvalue weighted by Gasteiger charge is 2.37. The molecule has 0 bridgehead atoms. The Labute approximate surface area is 130 Å². The molecule has 1 aliphatic heterocycles. The van der Waals surface area contributed by atoms with E-state index in [-0.39, 0.29) is 21.5 Å². The van der Waals surface area contributed by atoms with E-state index in [1.54, 1.807) is 0 Å². The standard InChI is InChI=1S/C11H12BrCl2NO3S/c12-7-4-9(13)11(10(14)5-7)19(17,18)15-3-1-2-8(15)6-16/h4-5,8,16H,1-3,6H2/t8-/m1/s1. The second-order valence-electron chi connectivity index (χ2n) is 4.29. The first-order valence-corrected chi connectivity index (χ1v) is 8.64. The van der Waals surface area contributed by atoms with Gasteiger partial charge in [0.15, 0.2) is 0 Å². The Balaban J connectivity index is 2.51. The smallest absolute Gasteiger partial charge is 0.246 e. The Hall–Kier alpha value is 0.150. The minimum absolute atomic E-state index is 0.0722. The maximum absolute atomic E-state index is 12.6. The van der Waals surface area contributed by atoms with Crippen molar-refractivity contribution >= 4 is 49.2 Å². The van der Waals surface area contributed by atoms with Crippen LogP contribution in [0.5, 0.6) is 0 Å². The van der Waals surface area contributed by atoms with E-state index in [1.165, 1.54) is 16.4 Å². The molecule has 0 unspecified atom stereocenters. The molecular weight excluding hydrogens is 377 g/mol. The third-order valence-electron chi connectivity index (χ3n) is 3.06. The molecule has 19 heavy (non-hydrogen) atoms. The number of hydrogen-bond donors (Lipinski definition) is 1. The molecule has 1 aromatic rings. The molecule has 1 saturated heterocycles. The second-order valence-corrected chi connectivity index (χ2v) is 7.85. The number of halogens is 3. The summed E-state index contributed by atoms with van der Waals surface area (Å²) in [6.45, 7) is 0.168. The Morgan fingerprint density at radius 3 is 2.47 bits per heavy atom. The zero-order valence-electron chi connectivity index (χ0n) is 9.81. The van der Waals surface area contributed by atoms with Crippen molar-refractivity contribution in [1.82, 2.24) is 4.31 Å². The monoisotopic (exact) mass is 387 g/mol. The molecule has 0 aliphatic carbocycles. The summed E-state index contributed by atoms with van der Waals surface area (Å²) in [7, 11) is -3.79. The van der Waals surface area contributed by atoms with Crippen LogP contribution >= 0.6 is 39.1 Å². The van der Waals surface area contributed by atoms with Crippen LogP contribution in [0.15, 0.2) is 21.5 Å². The van der Waals surface area contributed by atoms with E-state index in [9.17, 15) is 13.5 Å². The van der Waals surface area contributed by atoms with Gasteiger partial charge in [-0.05, 0) is 25.0 Å². The van der Waals surface area contributed by atoms with Gasteiger partial charge in [0.2, 0.25) is 10.0 Å². The van der Waals surface area contributed by atoms with E-state index in [0.717, 1.165) is 6.42 Å². The average Bonchev–Trinajstić information content (AvgIpc) is 2.75. The molecule has 2 rings (SSSR count). The molecule has 8 heteroatoms. The molecule has 1 fully saturated rings. The van der Waals surface area contributed by atoms with Gasteiger partial charge in [0.25, 0.3) is 0 Å². The van der Waals surface area contributed by atoms with E-state index >= 15 is 0 Å². The van der Waals surface area contributed by atoms with Crippen LogP contribution in [-0.4, -0.2) is 37.0 Å². The van der Waals surface area contributed by atoms with Crippen molar-refractivity contribution in [2.24, 2.45) is 0 Å². The zero-order chi connectivity index (χ0) is 14.2. The number of nitrogens with zero attached hydrogens (tertiary/aromatic N) is 1. The molecule has 0 amide bonds. The lowest BCUT2D eigenvalue weighted by atomic mass is 10.2. The van der Waals surface area contributed by atoms with Crippen LogP contribution in [0.25, 0.3) is 0 Å². The first-order chi connectivity index (χ1) is 8.87. The Morgan fingerprint density at radius 2 is 1.95 bits per heavy atom. The van der Waals surface area contributed by atoms with Gasteiger partial charge in [0.05, 0.1) is 16.7 Å². The highest BCUT2D eigenvalue weighted by molar-refractivity contribution is 9.10. The minimum atomic E-state index is -3.79. The third kappa shape index (κ3) is 2.94. The van der Waals surface area contributed by atoms with Crippen molar-refractivity contribution in [3.8, 4) is 0 Å². The van der Waals surface area contributed by atoms with Gasteiger partial charge in [-0.15, -0.1) is 0 Å². The normalized spacial score (nSPS) is 20.9. The minimum Gasteiger partial charge on any atom is -0.395 e. The summed E-state index contributed by atoms with van der Waals surface area (Å²) in [4.78, 5) is -0.0978. The number of hydrogen-bond acceptors (Lipinski definition) is 3. The molecule has 0 aromatic heterocycles. The summed E-state index contributed by atoms with van der Waals surface area (Å²) >= 11 is 15.2. The van der Waals surface area contributed by atoms with E-state index in [2.05, 4.69) is 15.9 Å². The van der Waals surface area contributed by atoms with E-state index < -0.39 is 16.1 Å². The lowest BCUT2D eigenvalue weighted by Crippen LogP contribution is -2.37. The molecule has 1 atom stereocenters. The fourth-order valence-corrected chi connectivity index (χ4v) is 5.77. The van der Waals surface area contributed by atoms with Gasteiger partial charge in [0.1, 0.15) is 4.90 Å². The van der Waals surface area contributed by atoms with Gasteiger partial charge in [-0.2, -0.15) is 4.31 Å². The van der Waals surface area contributed by atoms with Gasteiger partial charge in [-0.3, -0.25) is 0 Å². The van der Waals surface area contributed by atoms with Gasteiger partial charge >= 0.3 is 0 Å². The van der Waals surface area contributed by atoms with Crippen LogP contribution in [-0.2, 0) is 10.0 Å². The van der Waals surface area contributed by atoms with Crippen molar-refractivity contribution in [1.29, 1.82) is 0 Å². The number of benzene rings is 1. The van der Waals surface area contributed by atoms with Crippen LogP contribution in [0.3, 0.4) is 0 Å². The van der Waals surface area contributed by atoms with Gasteiger partial charge in [-0.25, -0.2) is 8.42 Å². The molecule has 106 valence electrons. The number of aliphatic hydroxyl groups excluding tert-OH is 1. The third-order valence-corrected chi connectivity index (χ3v) is 6.40. The Kier molecular flexibility index (Phi) is 4.80. The summed E-state index contributed by atoms with van der Waals surface area (Å²) in [6.07, 6.45) is 1.36. The zero-order valence-corrected chi connectivity index (χ0v) is 13.7. The molecule has 1 N–H and O–H groups in total. The molecular formula is C11H12BrCl2NO3S. The molecule has 0 spiro atoms. The van der Waals surface area contributed by atoms with Crippen molar-refractivity contribution in [3.63, 3.8) is 0 Å². The Bertz CT molecular complexity index is 571. The average molecular weight is 389 g/mol. The molecule has 0 saturated carbocycles. The predicted octanol–water partition coefficient (Wildman–Crippen LogP) is 2.90. The molecule has 1 aliphatic rings. The lowest BCUT2D eigenvalue weighted by molar-refractivity contribution is 0.213. The fourth-order valence-electron chi connectivity index (χ4n) is 2.20.